The predicted molar refractivity (Wildman–Crippen MR) is 80.0 cm³/mol. The van der Waals surface area contributed by atoms with Crippen LogP contribution in [0.25, 0.3) is 0 Å². The molecule has 8 heteroatoms. The second-order valence-corrected chi connectivity index (χ2v) is 6.05. The Balaban J connectivity index is 2.11. The molecule has 0 aromatic carbocycles. The first-order valence-corrected chi connectivity index (χ1v) is 8.05. The largest absolute Gasteiger partial charge is 0.480 e. The number of carbonyl (C=O) groups excluding carboxylic acids is 1. The molecule has 0 bridgehead atoms. The summed E-state index contributed by atoms with van der Waals surface area (Å²) in [7, 11) is 0. The van der Waals surface area contributed by atoms with Crippen LogP contribution in [0.1, 0.15) is 38.6 Å². The standard InChI is InChI=1S/C13H20N4O3S/c1-3-8(11-14-5-6-15-11)16-13(20)17-9(12(18)19)7-21-10(17)4-2/h5-6,8-10H,3-4,7H2,1-2H3,(H,14,15)(H,16,20)(H,18,19). The van der Waals surface area contributed by atoms with Gasteiger partial charge in [0.05, 0.1) is 11.4 Å². The van der Waals surface area contributed by atoms with E-state index in [0.29, 0.717) is 18.0 Å². The zero-order chi connectivity index (χ0) is 15.4. The Bertz CT molecular complexity index is 494. The summed E-state index contributed by atoms with van der Waals surface area (Å²) in [4.78, 5) is 32.4. The average Bonchev–Trinajstić information content (AvgIpc) is 3.12. The molecule has 21 heavy (non-hydrogen) atoms. The monoisotopic (exact) mass is 312 g/mol. The Morgan fingerprint density at radius 2 is 2.38 bits per heavy atom. The van der Waals surface area contributed by atoms with Crippen molar-refractivity contribution in [3.63, 3.8) is 0 Å². The van der Waals surface area contributed by atoms with Crippen molar-refractivity contribution < 1.29 is 14.7 Å². The molecule has 2 rings (SSSR count). The topological polar surface area (TPSA) is 98.3 Å². The summed E-state index contributed by atoms with van der Waals surface area (Å²) in [6.07, 6.45) is 4.73. The number of aromatic amines is 1. The van der Waals surface area contributed by atoms with E-state index in [0.717, 1.165) is 6.42 Å². The third-order valence-electron chi connectivity index (χ3n) is 3.52. The third-order valence-corrected chi connectivity index (χ3v) is 4.97. The van der Waals surface area contributed by atoms with Crippen LogP contribution in [-0.2, 0) is 4.79 Å². The number of nitrogens with one attached hydrogen (secondary N) is 2. The highest BCUT2D eigenvalue weighted by Crippen LogP contribution is 2.31. The molecule has 0 aliphatic carbocycles. The van der Waals surface area contributed by atoms with Crippen LogP contribution in [0, 0.1) is 0 Å². The smallest absolute Gasteiger partial charge is 0.327 e. The average molecular weight is 312 g/mol. The summed E-state index contributed by atoms with van der Waals surface area (Å²) < 4.78 is 0. The molecule has 0 saturated carbocycles. The second kappa shape index (κ2) is 6.84. The van der Waals surface area contributed by atoms with Crippen LogP contribution in [-0.4, -0.2) is 49.1 Å². The molecule has 1 aliphatic heterocycles. The van der Waals surface area contributed by atoms with E-state index in [1.165, 1.54) is 16.7 Å². The normalized spacial score (nSPS) is 23.0. The number of amides is 2. The number of hydrogen-bond acceptors (Lipinski definition) is 4. The van der Waals surface area contributed by atoms with Gasteiger partial charge in [0.2, 0.25) is 0 Å². The van der Waals surface area contributed by atoms with E-state index >= 15 is 0 Å². The molecule has 1 fully saturated rings. The van der Waals surface area contributed by atoms with Crippen LogP contribution in [0.15, 0.2) is 12.4 Å². The number of aromatic nitrogens is 2. The number of rotatable bonds is 5. The van der Waals surface area contributed by atoms with E-state index in [-0.39, 0.29) is 17.4 Å². The summed E-state index contributed by atoms with van der Waals surface area (Å²) in [5.41, 5.74) is 0. The maximum atomic E-state index is 12.5. The quantitative estimate of drug-likeness (QED) is 0.770. The lowest BCUT2D eigenvalue weighted by atomic mass is 10.2. The molecule has 3 atom stereocenters. The van der Waals surface area contributed by atoms with E-state index in [1.54, 1.807) is 12.4 Å². The third kappa shape index (κ3) is 3.31. The highest BCUT2D eigenvalue weighted by molar-refractivity contribution is 8.00. The van der Waals surface area contributed by atoms with Crippen LogP contribution < -0.4 is 5.32 Å². The van der Waals surface area contributed by atoms with Gasteiger partial charge in [-0.1, -0.05) is 13.8 Å². The fraction of sp³-hybridized carbons (Fsp3) is 0.615. The molecule has 0 radical (unpaired) electrons. The van der Waals surface area contributed by atoms with Crippen molar-refractivity contribution >= 4 is 23.8 Å². The van der Waals surface area contributed by atoms with E-state index in [4.69, 9.17) is 0 Å². The lowest BCUT2D eigenvalue weighted by Gasteiger charge is -2.28. The molecule has 2 heterocycles. The molecule has 3 N–H and O–H groups in total. The summed E-state index contributed by atoms with van der Waals surface area (Å²) in [5, 5.41) is 12.0. The highest BCUT2D eigenvalue weighted by Gasteiger charge is 2.41. The van der Waals surface area contributed by atoms with Gasteiger partial charge >= 0.3 is 12.0 Å². The van der Waals surface area contributed by atoms with Gasteiger partial charge in [-0.2, -0.15) is 0 Å². The zero-order valence-electron chi connectivity index (χ0n) is 12.1. The van der Waals surface area contributed by atoms with Gasteiger partial charge in [-0.15, -0.1) is 11.8 Å². The predicted octanol–water partition coefficient (Wildman–Crippen LogP) is 1.81. The van der Waals surface area contributed by atoms with Gasteiger partial charge in [0.25, 0.3) is 0 Å². The summed E-state index contributed by atoms with van der Waals surface area (Å²) in [5.74, 6) is 0.149. The van der Waals surface area contributed by atoms with E-state index in [9.17, 15) is 14.7 Å². The molecule has 7 nitrogen and oxygen atoms in total. The van der Waals surface area contributed by atoms with Gasteiger partial charge in [-0.25, -0.2) is 14.6 Å². The Hall–Kier alpha value is -1.70. The Morgan fingerprint density at radius 3 is 2.90 bits per heavy atom. The van der Waals surface area contributed by atoms with Crippen LogP contribution in [0.4, 0.5) is 4.79 Å². The number of urea groups is 1. The van der Waals surface area contributed by atoms with Crippen LogP contribution in [0.2, 0.25) is 0 Å². The molecular formula is C13H20N4O3S. The van der Waals surface area contributed by atoms with Crippen LogP contribution in [0.3, 0.4) is 0 Å². The maximum absolute atomic E-state index is 12.5. The molecule has 116 valence electrons. The fourth-order valence-corrected chi connectivity index (χ4v) is 3.74. The second-order valence-electron chi connectivity index (χ2n) is 4.84. The van der Waals surface area contributed by atoms with Crippen molar-refractivity contribution in [3.05, 3.63) is 18.2 Å². The maximum Gasteiger partial charge on any atom is 0.327 e. The minimum atomic E-state index is -0.959. The van der Waals surface area contributed by atoms with Gasteiger partial charge in [0.15, 0.2) is 0 Å². The SMILES string of the molecule is CCC(NC(=O)N1C(CC)SCC1C(=O)O)c1ncc[nH]1. The van der Waals surface area contributed by atoms with Crippen LogP contribution in [0.5, 0.6) is 0 Å². The van der Waals surface area contributed by atoms with Gasteiger partial charge in [-0.05, 0) is 12.8 Å². The number of aliphatic carboxylic acids is 1. The Morgan fingerprint density at radius 1 is 1.62 bits per heavy atom. The number of nitrogens with zero attached hydrogens (tertiary/aromatic N) is 2. The number of imidazole rings is 1. The minimum absolute atomic E-state index is 0.0970. The van der Waals surface area contributed by atoms with Gasteiger partial charge in [-0.3, -0.25) is 4.90 Å². The van der Waals surface area contributed by atoms with Crippen molar-refractivity contribution in [2.75, 3.05) is 5.75 Å². The van der Waals surface area contributed by atoms with Crippen LogP contribution >= 0.6 is 11.8 Å². The number of carboxylic acids is 1. The van der Waals surface area contributed by atoms with Crippen molar-refractivity contribution in [1.29, 1.82) is 0 Å². The molecular weight excluding hydrogens is 292 g/mol. The molecule has 0 spiro atoms. The zero-order valence-corrected chi connectivity index (χ0v) is 12.9. The van der Waals surface area contributed by atoms with E-state index < -0.39 is 12.0 Å². The van der Waals surface area contributed by atoms with Crippen molar-refractivity contribution in [3.8, 4) is 0 Å². The number of carbonyl (C=O) groups is 2. The molecule has 3 unspecified atom stereocenters. The molecule has 1 saturated heterocycles. The Kier molecular flexibility index (Phi) is 5.11. The van der Waals surface area contributed by atoms with E-state index in [1.807, 2.05) is 13.8 Å². The first-order valence-electron chi connectivity index (χ1n) is 7.01. The van der Waals surface area contributed by atoms with Gasteiger partial charge in [0, 0.05) is 18.1 Å². The van der Waals surface area contributed by atoms with Crippen molar-refractivity contribution in [2.45, 2.75) is 44.1 Å². The molecule has 2 amide bonds. The van der Waals surface area contributed by atoms with E-state index in [2.05, 4.69) is 15.3 Å². The van der Waals surface area contributed by atoms with Crippen molar-refractivity contribution in [1.82, 2.24) is 20.2 Å². The summed E-state index contributed by atoms with van der Waals surface area (Å²) in [6, 6.07) is -1.36. The summed E-state index contributed by atoms with van der Waals surface area (Å²) >= 11 is 1.51. The van der Waals surface area contributed by atoms with Crippen molar-refractivity contribution in [2.24, 2.45) is 0 Å². The first-order chi connectivity index (χ1) is 10.1. The fourth-order valence-electron chi connectivity index (χ4n) is 2.40. The minimum Gasteiger partial charge on any atom is -0.480 e. The lowest BCUT2D eigenvalue weighted by molar-refractivity contribution is -0.141. The van der Waals surface area contributed by atoms with Gasteiger partial charge in [0.1, 0.15) is 11.9 Å². The van der Waals surface area contributed by atoms with Gasteiger partial charge < -0.3 is 15.4 Å². The first kappa shape index (κ1) is 15.7. The summed E-state index contributed by atoms with van der Waals surface area (Å²) in [6.45, 7) is 3.89. The molecule has 1 aromatic rings. The molecule has 1 aromatic heterocycles. The number of H-pyrrole nitrogens is 1. The Labute approximate surface area is 127 Å². The highest BCUT2D eigenvalue weighted by atomic mass is 32.2. The number of carboxylic acid groups (broad SMARTS) is 1. The lowest BCUT2D eigenvalue weighted by Crippen LogP contribution is -2.50. The number of hydrogen-bond donors (Lipinski definition) is 3. The molecule has 1 aliphatic rings. The number of thioether (sulfide) groups is 1.